The van der Waals surface area contributed by atoms with Crippen LogP contribution in [0.2, 0.25) is 0 Å². The van der Waals surface area contributed by atoms with E-state index in [1.165, 1.54) is 0 Å². The molecule has 11 nitrogen and oxygen atoms in total. The number of rotatable bonds is 6. The molecule has 1 heterocycles. The minimum absolute atomic E-state index is 0. The summed E-state index contributed by atoms with van der Waals surface area (Å²) in [6.45, 7) is 1.42. The van der Waals surface area contributed by atoms with Gasteiger partial charge in [0.25, 0.3) is 5.69 Å². The molecule has 13 heteroatoms. The average molecular weight is 395 g/mol. The fourth-order valence-electron chi connectivity index (χ4n) is 2.25. The third-order valence-electron chi connectivity index (χ3n) is 3.43. The number of H-pyrrole nitrogens is 2. The smallest absolute Gasteiger partial charge is 0.323 e. The lowest BCUT2D eigenvalue weighted by Gasteiger charge is -2.18. The second-order valence-corrected chi connectivity index (χ2v) is 6.89. The molecule has 138 valence electrons. The van der Waals surface area contributed by atoms with Gasteiger partial charge in [-0.15, -0.1) is 12.4 Å². The van der Waals surface area contributed by atoms with Gasteiger partial charge in [0, 0.05) is 18.7 Å². The van der Waals surface area contributed by atoms with Gasteiger partial charge in [0.1, 0.15) is 5.78 Å². The van der Waals surface area contributed by atoms with Crippen LogP contribution in [-0.2, 0) is 11.1 Å². The zero-order valence-corrected chi connectivity index (χ0v) is 14.6. The van der Waals surface area contributed by atoms with Crippen LogP contribution in [0.5, 0.6) is 0 Å². The molecule has 1 aromatic heterocycles. The fourth-order valence-corrected chi connectivity index (χ4v) is 3.06. The Morgan fingerprint density at radius 2 is 1.88 bits per heavy atom. The number of aromatic amines is 2. The number of hydrogen-bond acceptors (Lipinski definition) is 6. The molecule has 1 atom stereocenters. The van der Waals surface area contributed by atoms with Crippen molar-refractivity contribution in [1.82, 2.24) is 15.3 Å². The molecule has 25 heavy (non-hydrogen) atoms. The second kappa shape index (κ2) is 7.89. The fraction of sp³-hybridized carbons (Fsp3) is 0.333. The predicted molar refractivity (Wildman–Crippen MR) is 92.1 cm³/mol. The highest BCUT2D eigenvalue weighted by atomic mass is 35.5. The number of aromatic nitrogens is 2. The van der Waals surface area contributed by atoms with Gasteiger partial charge in [-0.05, 0) is 12.0 Å². The first-order valence-electron chi connectivity index (χ1n) is 6.85. The highest BCUT2D eigenvalue weighted by Gasteiger charge is 2.26. The Balaban J connectivity index is 0.00000312. The molecular formula is C12H16ClN4O7P. The minimum Gasteiger partial charge on any atom is -0.323 e. The molecule has 0 amide bonds. The van der Waals surface area contributed by atoms with E-state index in [9.17, 15) is 34.1 Å². The first kappa shape index (κ1) is 21.0. The van der Waals surface area contributed by atoms with Gasteiger partial charge in [0.2, 0.25) is 0 Å². The first-order chi connectivity index (χ1) is 11.1. The number of non-ortho nitro benzene ring substituents is 1. The molecule has 1 unspecified atom stereocenters. The van der Waals surface area contributed by atoms with Gasteiger partial charge in [-0.1, -0.05) is 6.92 Å². The average Bonchev–Trinajstić information content (AvgIpc) is 2.47. The Morgan fingerprint density at radius 3 is 2.40 bits per heavy atom. The van der Waals surface area contributed by atoms with Gasteiger partial charge in [0.15, 0.2) is 0 Å². The lowest BCUT2D eigenvalue weighted by molar-refractivity contribution is -0.384. The van der Waals surface area contributed by atoms with Crippen molar-refractivity contribution in [3.63, 3.8) is 0 Å². The topological polar surface area (TPSA) is 178 Å². The Hall–Kier alpha value is -2.04. The molecular weight excluding hydrogens is 379 g/mol. The maximum absolute atomic E-state index is 11.5. The summed E-state index contributed by atoms with van der Waals surface area (Å²) in [5.74, 6) is -1.14. The number of nitrogens with zero attached hydrogens (tertiary/aromatic N) is 1. The number of benzene rings is 1. The third-order valence-corrected chi connectivity index (χ3v) is 4.79. The number of nitrogens with one attached hydrogen (secondary N) is 3. The Kier molecular flexibility index (Phi) is 6.63. The van der Waals surface area contributed by atoms with Crippen molar-refractivity contribution in [3.8, 4) is 0 Å². The van der Waals surface area contributed by atoms with E-state index < -0.39 is 29.4 Å². The van der Waals surface area contributed by atoms with Crippen molar-refractivity contribution >= 4 is 36.7 Å². The van der Waals surface area contributed by atoms with Crippen LogP contribution in [0.3, 0.4) is 0 Å². The summed E-state index contributed by atoms with van der Waals surface area (Å²) in [6.07, 6.45) is 0.129. The van der Waals surface area contributed by atoms with Crippen LogP contribution in [0.1, 0.15) is 18.9 Å². The number of nitro groups is 1. The van der Waals surface area contributed by atoms with Crippen molar-refractivity contribution in [1.29, 1.82) is 0 Å². The van der Waals surface area contributed by atoms with Gasteiger partial charge >= 0.3 is 18.7 Å². The number of fused-ring (bicyclic) bond motifs is 1. The molecule has 5 N–H and O–H groups in total. The largest absolute Gasteiger partial charge is 0.342 e. The lowest BCUT2D eigenvalue weighted by Crippen LogP contribution is -2.31. The van der Waals surface area contributed by atoms with E-state index in [2.05, 4.69) is 15.3 Å². The van der Waals surface area contributed by atoms with Crippen LogP contribution >= 0.6 is 20.0 Å². The first-order valence-corrected chi connectivity index (χ1v) is 8.54. The van der Waals surface area contributed by atoms with Crippen molar-refractivity contribution in [2.45, 2.75) is 25.7 Å². The molecule has 2 rings (SSSR count). The molecule has 0 spiro atoms. The number of nitro benzene ring substituents is 1. The van der Waals surface area contributed by atoms with Gasteiger partial charge in [-0.3, -0.25) is 29.6 Å². The molecule has 0 fully saturated rings. The third kappa shape index (κ3) is 4.74. The van der Waals surface area contributed by atoms with Crippen molar-refractivity contribution in [3.05, 3.63) is 48.5 Å². The van der Waals surface area contributed by atoms with E-state index >= 15 is 0 Å². The van der Waals surface area contributed by atoms with E-state index in [0.29, 0.717) is 0 Å². The van der Waals surface area contributed by atoms with Gasteiger partial charge in [-0.25, -0.2) is 0 Å². The van der Waals surface area contributed by atoms with E-state index in [-0.39, 0.29) is 47.7 Å². The van der Waals surface area contributed by atoms with Gasteiger partial charge < -0.3 is 19.8 Å². The summed E-state index contributed by atoms with van der Waals surface area (Å²) in [5.41, 5.74) is -1.79. The molecule has 2 aromatic rings. The number of halogens is 1. The summed E-state index contributed by atoms with van der Waals surface area (Å²) in [5, 5.41) is 13.6. The molecule has 0 aliphatic heterocycles. The summed E-state index contributed by atoms with van der Waals surface area (Å²) in [7, 11) is -4.40. The van der Waals surface area contributed by atoms with Crippen molar-refractivity contribution in [2.24, 2.45) is 0 Å². The molecule has 1 aromatic carbocycles. The monoisotopic (exact) mass is 394 g/mol. The summed E-state index contributed by atoms with van der Waals surface area (Å²) >= 11 is 0. The van der Waals surface area contributed by atoms with Crippen molar-refractivity contribution in [2.75, 3.05) is 0 Å². The summed E-state index contributed by atoms with van der Waals surface area (Å²) < 4.78 is 11.3. The second-order valence-electron chi connectivity index (χ2n) is 5.09. The molecule has 0 saturated heterocycles. The highest BCUT2D eigenvalue weighted by Crippen LogP contribution is 2.41. The Morgan fingerprint density at radius 1 is 1.28 bits per heavy atom. The maximum atomic E-state index is 11.5. The van der Waals surface area contributed by atoms with Crippen LogP contribution in [-0.4, -0.2) is 30.5 Å². The van der Waals surface area contributed by atoms with Crippen LogP contribution < -0.4 is 16.4 Å². The van der Waals surface area contributed by atoms with E-state index in [1.807, 2.05) is 0 Å². The van der Waals surface area contributed by atoms with Crippen LogP contribution in [0, 0.1) is 10.1 Å². The molecule has 0 aliphatic carbocycles. The lowest BCUT2D eigenvalue weighted by atomic mass is 10.1. The van der Waals surface area contributed by atoms with Crippen LogP contribution in [0.15, 0.2) is 21.7 Å². The maximum Gasteiger partial charge on any atom is 0.342 e. The molecule has 0 saturated carbocycles. The van der Waals surface area contributed by atoms with Crippen LogP contribution in [0.25, 0.3) is 11.0 Å². The predicted octanol–water partition coefficient (Wildman–Crippen LogP) is 0.550. The zero-order valence-electron chi connectivity index (χ0n) is 12.9. The Bertz CT molecular complexity index is 951. The Labute approximate surface area is 146 Å². The molecule has 0 bridgehead atoms. The van der Waals surface area contributed by atoms with E-state index in [1.54, 1.807) is 6.92 Å². The van der Waals surface area contributed by atoms with E-state index in [4.69, 9.17) is 0 Å². The standard InChI is InChI=1S/C12H15N4O7P.ClH/c1-2-9(24(21,22)23)13-5-6-3-7(16(19)20)4-8-10(6)15-12(18)11(17)14-8;/h3-4,9,13H,2,5H2,1H3,(H,14,17)(H,15,18)(H2,21,22,23);1H. The van der Waals surface area contributed by atoms with Crippen LogP contribution in [0.4, 0.5) is 5.69 Å². The zero-order chi connectivity index (χ0) is 18.1. The van der Waals surface area contributed by atoms with Gasteiger partial charge in [-0.2, -0.15) is 0 Å². The van der Waals surface area contributed by atoms with Gasteiger partial charge in [0.05, 0.1) is 16.0 Å². The molecule has 0 radical (unpaired) electrons. The minimum atomic E-state index is -4.40. The van der Waals surface area contributed by atoms with E-state index in [0.717, 1.165) is 12.1 Å². The number of hydrogen-bond donors (Lipinski definition) is 5. The van der Waals surface area contributed by atoms with Crippen molar-refractivity contribution < 1.29 is 19.3 Å². The summed E-state index contributed by atoms with van der Waals surface area (Å²) in [4.78, 5) is 56.2. The quantitative estimate of drug-likeness (QED) is 0.204. The normalized spacial score (nSPS) is 12.6. The SMILES string of the molecule is CCC(NCc1cc([N+](=O)[O-])cc2[nH]c(=O)c(=O)[nH]c12)P(=O)(O)O.Cl. The molecule has 0 aliphatic rings. The highest BCUT2D eigenvalue weighted by molar-refractivity contribution is 7.52. The summed E-state index contributed by atoms with van der Waals surface area (Å²) in [6, 6.07) is 2.26.